The van der Waals surface area contributed by atoms with Gasteiger partial charge >= 0.3 is 0 Å². The minimum absolute atomic E-state index is 0.119. The van der Waals surface area contributed by atoms with Crippen molar-refractivity contribution < 1.29 is 9.18 Å². The summed E-state index contributed by atoms with van der Waals surface area (Å²) < 4.78 is 13.2. The normalized spacial score (nSPS) is 10.5. The van der Waals surface area contributed by atoms with E-state index in [1.54, 1.807) is 6.07 Å². The fourth-order valence-corrected chi connectivity index (χ4v) is 2.94. The van der Waals surface area contributed by atoms with Gasteiger partial charge < -0.3 is 0 Å². The molecule has 0 unspecified atom stereocenters. The highest BCUT2D eigenvalue weighted by atomic mass is 32.2. The summed E-state index contributed by atoms with van der Waals surface area (Å²) in [7, 11) is 0. The molecule has 0 amide bonds. The molecule has 2 aromatic rings. The lowest BCUT2D eigenvalue weighted by Gasteiger charge is -2.09. The highest BCUT2D eigenvalue weighted by Crippen LogP contribution is 2.33. The number of carbonyl (C=O) groups excluding carboxylic acids is 1. The lowest BCUT2D eigenvalue weighted by Crippen LogP contribution is -1.96. The van der Waals surface area contributed by atoms with Gasteiger partial charge in [-0.25, -0.2) is 4.39 Å². The molecule has 1 nitrogen and oxygen atoms in total. The Bertz CT molecular complexity index is 635. The van der Waals surface area contributed by atoms with Crippen LogP contribution in [-0.4, -0.2) is 5.78 Å². The molecule has 2 rings (SSSR count). The van der Waals surface area contributed by atoms with E-state index in [1.807, 2.05) is 26.0 Å². The molecule has 2 aromatic carbocycles. The molecule has 98 valence electrons. The second-order valence-electron chi connectivity index (χ2n) is 4.57. The van der Waals surface area contributed by atoms with Crippen LogP contribution in [0.1, 0.15) is 28.4 Å². The molecule has 19 heavy (non-hydrogen) atoms. The largest absolute Gasteiger partial charge is 0.294 e. The third-order valence-electron chi connectivity index (χ3n) is 2.87. The number of benzene rings is 2. The summed E-state index contributed by atoms with van der Waals surface area (Å²) in [5.41, 5.74) is 2.79. The van der Waals surface area contributed by atoms with Gasteiger partial charge in [0.2, 0.25) is 0 Å². The maximum Gasteiger partial charge on any atom is 0.161 e. The van der Waals surface area contributed by atoms with Gasteiger partial charge in [-0.15, -0.1) is 0 Å². The van der Waals surface area contributed by atoms with E-state index in [2.05, 4.69) is 6.07 Å². The maximum absolute atomic E-state index is 13.2. The van der Waals surface area contributed by atoms with Crippen LogP contribution in [0.15, 0.2) is 46.2 Å². The van der Waals surface area contributed by atoms with E-state index in [1.165, 1.54) is 36.4 Å². The van der Waals surface area contributed by atoms with Crippen molar-refractivity contribution in [2.24, 2.45) is 0 Å². The van der Waals surface area contributed by atoms with E-state index < -0.39 is 0 Å². The number of aryl methyl sites for hydroxylation is 2. The van der Waals surface area contributed by atoms with Crippen molar-refractivity contribution in [2.45, 2.75) is 30.6 Å². The zero-order valence-corrected chi connectivity index (χ0v) is 12.0. The summed E-state index contributed by atoms with van der Waals surface area (Å²) in [6.07, 6.45) is 0. The summed E-state index contributed by atoms with van der Waals surface area (Å²) in [6, 6.07) is 10.5. The summed E-state index contributed by atoms with van der Waals surface area (Å²) in [4.78, 5) is 13.4. The van der Waals surface area contributed by atoms with Crippen molar-refractivity contribution in [2.75, 3.05) is 0 Å². The third-order valence-corrected chi connectivity index (χ3v) is 4.13. The van der Waals surface area contributed by atoms with Crippen LogP contribution in [0.4, 0.5) is 4.39 Å². The third kappa shape index (κ3) is 3.24. The van der Waals surface area contributed by atoms with Crippen molar-refractivity contribution >= 4 is 17.5 Å². The van der Waals surface area contributed by atoms with Crippen LogP contribution < -0.4 is 0 Å². The molecule has 0 N–H and O–H groups in total. The van der Waals surface area contributed by atoms with Crippen molar-refractivity contribution in [3.05, 3.63) is 58.9 Å². The Balaban J connectivity index is 2.40. The van der Waals surface area contributed by atoms with Crippen molar-refractivity contribution in [1.29, 1.82) is 0 Å². The van der Waals surface area contributed by atoms with E-state index in [-0.39, 0.29) is 11.6 Å². The molecule has 0 aliphatic heterocycles. The van der Waals surface area contributed by atoms with Gasteiger partial charge in [-0.1, -0.05) is 29.5 Å². The van der Waals surface area contributed by atoms with Crippen LogP contribution in [0, 0.1) is 19.7 Å². The summed E-state index contributed by atoms with van der Waals surface area (Å²) in [5.74, 6) is -0.498. The van der Waals surface area contributed by atoms with Gasteiger partial charge in [0.05, 0.1) is 0 Å². The molecule has 0 fully saturated rings. The topological polar surface area (TPSA) is 17.1 Å². The number of hydrogen-bond acceptors (Lipinski definition) is 2. The van der Waals surface area contributed by atoms with Gasteiger partial charge in [-0.2, -0.15) is 0 Å². The Morgan fingerprint density at radius 3 is 2.37 bits per heavy atom. The van der Waals surface area contributed by atoms with E-state index in [4.69, 9.17) is 0 Å². The zero-order chi connectivity index (χ0) is 14.0. The molecule has 0 saturated carbocycles. The SMILES string of the molecule is CC(=O)c1cc(F)ccc1Sc1ccc(C)cc1C. The number of hydrogen-bond donors (Lipinski definition) is 0. The number of carbonyl (C=O) groups is 1. The fourth-order valence-electron chi connectivity index (χ4n) is 1.90. The van der Waals surface area contributed by atoms with Crippen molar-refractivity contribution in [1.82, 2.24) is 0 Å². The standard InChI is InChI=1S/C16H15FOS/c1-10-4-6-15(11(2)8-10)19-16-7-5-13(17)9-14(16)12(3)18/h4-9H,1-3H3. The monoisotopic (exact) mass is 274 g/mol. The van der Waals surface area contributed by atoms with E-state index in [0.717, 1.165) is 15.4 Å². The van der Waals surface area contributed by atoms with Crippen LogP contribution in [0.3, 0.4) is 0 Å². The number of ketones is 1. The summed E-state index contributed by atoms with van der Waals surface area (Å²) in [6.45, 7) is 5.54. The maximum atomic E-state index is 13.2. The van der Waals surface area contributed by atoms with Crippen LogP contribution in [0.25, 0.3) is 0 Å². The second-order valence-corrected chi connectivity index (χ2v) is 5.65. The first-order chi connectivity index (χ1) is 8.97. The summed E-state index contributed by atoms with van der Waals surface area (Å²) >= 11 is 1.50. The smallest absolute Gasteiger partial charge is 0.161 e. The lowest BCUT2D eigenvalue weighted by molar-refractivity contribution is 0.101. The van der Waals surface area contributed by atoms with Gasteiger partial charge in [0.1, 0.15) is 5.82 Å². The first-order valence-corrected chi connectivity index (χ1v) is 6.84. The molecule has 0 aromatic heterocycles. The van der Waals surface area contributed by atoms with Crippen LogP contribution in [-0.2, 0) is 0 Å². The van der Waals surface area contributed by atoms with Crippen LogP contribution in [0.5, 0.6) is 0 Å². The first kappa shape index (κ1) is 13.8. The van der Waals surface area contributed by atoms with Gasteiger partial charge in [0.15, 0.2) is 5.78 Å². The molecule has 0 spiro atoms. The Labute approximate surface area is 116 Å². The number of halogens is 1. The van der Waals surface area contributed by atoms with E-state index in [9.17, 15) is 9.18 Å². The van der Waals surface area contributed by atoms with Gasteiger partial charge in [-0.3, -0.25) is 4.79 Å². The molecule has 0 atom stereocenters. The first-order valence-electron chi connectivity index (χ1n) is 6.03. The molecular formula is C16H15FOS. The Morgan fingerprint density at radius 2 is 1.74 bits per heavy atom. The highest BCUT2D eigenvalue weighted by molar-refractivity contribution is 7.99. The Morgan fingerprint density at radius 1 is 1.05 bits per heavy atom. The molecule has 0 radical (unpaired) electrons. The van der Waals surface area contributed by atoms with Crippen LogP contribution in [0.2, 0.25) is 0 Å². The number of rotatable bonds is 3. The molecular weight excluding hydrogens is 259 g/mol. The molecule has 0 aliphatic rings. The van der Waals surface area contributed by atoms with E-state index in [0.29, 0.717) is 5.56 Å². The zero-order valence-electron chi connectivity index (χ0n) is 11.2. The van der Waals surface area contributed by atoms with Gasteiger partial charge in [0.25, 0.3) is 0 Å². The predicted octanol–water partition coefficient (Wildman–Crippen LogP) is 4.80. The van der Waals surface area contributed by atoms with Crippen molar-refractivity contribution in [3.8, 4) is 0 Å². The minimum Gasteiger partial charge on any atom is -0.294 e. The van der Waals surface area contributed by atoms with Crippen molar-refractivity contribution in [3.63, 3.8) is 0 Å². The predicted molar refractivity (Wildman–Crippen MR) is 76.4 cm³/mol. The second kappa shape index (κ2) is 5.57. The lowest BCUT2D eigenvalue weighted by atomic mass is 10.1. The quantitative estimate of drug-likeness (QED) is 0.748. The number of Topliss-reactive ketones (excluding diaryl/α,β-unsaturated/α-hetero) is 1. The highest BCUT2D eigenvalue weighted by Gasteiger charge is 2.11. The summed E-state index contributed by atoms with van der Waals surface area (Å²) in [5, 5.41) is 0. The molecule has 3 heteroatoms. The molecule has 0 saturated heterocycles. The van der Waals surface area contributed by atoms with Crippen LogP contribution >= 0.6 is 11.8 Å². The molecule has 0 aliphatic carbocycles. The van der Waals surface area contributed by atoms with Gasteiger partial charge in [0, 0.05) is 15.4 Å². The molecule has 0 heterocycles. The van der Waals surface area contributed by atoms with E-state index >= 15 is 0 Å². The minimum atomic E-state index is -0.379. The fraction of sp³-hybridized carbons (Fsp3) is 0.188. The average Bonchev–Trinajstić information content (AvgIpc) is 2.34. The van der Waals surface area contributed by atoms with Gasteiger partial charge in [-0.05, 0) is 50.6 Å². The molecule has 0 bridgehead atoms. The Kier molecular flexibility index (Phi) is 4.05. The average molecular weight is 274 g/mol. The Hall–Kier alpha value is -1.61.